The van der Waals surface area contributed by atoms with E-state index in [9.17, 15) is 18.0 Å². The number of halogens is 3. The van der Waals surface area contributed by atoms with Crippen LogP contribution in [-0.2, 0) is 11.0 Å². The van der Waals surface area contributed by atoms with Crippen LogP contribution in [0.4, 0.5) is 18.9 Å². The number of benzene rings is 1. The van der Waals surface area contributed by atoms with Crippen molar-refractivity contribution >= 4 is 11.6 Å². The fourth-order valence-electron chi connectivity index (χ4n) is 2.44. The van der Waals surface area contributed by atoms with Crippen molar-refractivity contribution in [2.75, 3.05) is 5.43 Å². The zero-order valence-electron chi connectivity index (χ0n) is 11.0. The van der Waals surface area contributed by atoms with Gasteiger partial charge < -0.3 is 0 Å². The van der Waals surface area contributed by atoms with Crippen molar-refractivity contribution in [3.8, 4) is 0 Å². The lowest BCUT2D eigenvalue weighted by Crippen LogP contribution is -2.36. The molecule has 0 unspecified atom stereocenters. The summed E-state index contributed by atoms with van der Waals surface area (Å²) in [5, 5.41) is 0. The Balaban J connectivity index is 1.98. The van der Waals surface area contributed by atoms with Gasteiger partial charge in [-0.3, -0.25) is 15.6 Å². The SMILES string of the molecule is O=C(NNc1ccccc1C(F)(F)F)C1CCCCC1. The van der Waals surface area contributed by atoms with E-state index in [0.717, 1.165) is 38.2 Å². The second-order valence-electron chi connectivity index (χ2n) is 4.99. The van der Waals surface area contributed by atoms with Crippen LogP contribution in [-0.4, -0.2) is 5.91 Å². The summed E-state index contributed by atoms with van der Waals surface area (Å²) in [7, 11) is 0. The van der Waals surface area contributed by atoms with Crippen molar-refractivity contribution in [2.45, 2.75) is 38.3 Å². The van der Waals surface area contributed by atoms with E-state index in [1.165, 1.54) is 18.2 Å². The summed E-state index contributed by atoms with van der Waals surface area (Å²) in [6.45, 7) is 0. The number of hydrogen-bond acceptors (Lipinski definition) is 2. The third kappa shape index (κ3) is 3.65. The Morgan fingerprint density at radius 2 is 1.75 bits per heavy atom. The molecule has 0 radical (unpaired) electrons. The highest BCUT2D eigenvalue weighted by atomic mass is 19.4. The minimum atomic E-state index is -4.45. The van der Waals surface area contributed by atoms with Crippen LogP contribution in [0.1, 0.15) is 37.7 Å². The van der Waals surface area contributed by atoms with Gasteiger partial charge in [-0.25, -0.2) is 0 Å². The van der Waals surface area contributed by atoms with Crippen LogP contribution in [0.2, 0.25) is 0 Å². The molecule has 0 spiro atoms. The second-order valence-corrected chi connectivity index (χ2v) is 4.99. The van der Waals surface area contributed by atoms with Crippen LogP contribution in [0.5, 0.6) is 0 Å². The lowest BCUT2D eigenvalue weighted by molar-refractivity contribution is -0.137. The van der Waals surface area contributed by atoms with Gasteiger partial charge in [0.05, 0.1) is 11.3 Å². The van der Waals surface area contributed by atoms with Gasteiger partial charge in [-0.1, -0.05) is 31.4 Å². The number of rotatable bonds is 3. The number of amides is 1. The molecule has 2 N–H and O–H groups in total. The summed E-state index contributed by atoms with van der Waals surface area (Å²) in [6, 6.07) is 5.08. The summed E-state index contributed by atoms with van der Waals surface area (Å²) in [4.78, 5) is 11.9. The molecule has 0 heterocycles. The molecule has 1 aromatic rings. The molecule has 1 saturated carbocycles. The maximum atomic E-state index is 12.8. The van der Waals surface area contributed by atoms with Crippen LogP contribution in [0, 0.1) is 5.92 Å². The number of anilines is 1. The number of nitrogens with one attached hydrogen (secondary N) is 2. The second kappa shape index (κ2) is 6.15. The molecule has 1 amide bonds. The molecule has 0 aromatic heterocycles. The van der Waals surface area contributed by atoms with E-state index in [0.29, 0.717) is 0 Å². The molecule has 0 aliphatic heterocycles. The van der Waals surface area contributed by atoms with E-state index in [1.54, 1.807) is 0 Å². The lowest BCUT2D eigenvalue weighted by atomic mass is 9.89. The van der Waals surface area contributed by atoms with E-state index in [-0.39, 0.29) is 17.5 Å². The zero-order chi connectivity index (χ0) is 14.6. The van der Waals surface area contributed by atoms with Gasteiger partial charge >= 0.3 is 6.18 Å². The fourth-order valence-corrected chi connectivity index (χ4v) is 2.44. The van der Waals surface area contributed by atoms with Crippen LogP contribution >= 0.6 is 0 Å². The zero-order valence-corrected chi connectivity index (χ0v) is 11.0. The van der Waals surface area contributed by atoms with Gasteiger partial charge in [0, 0.05) is 5.92 Å². The van der Waals surface area contributed by atoms with E-state index < -0.39 is 11.7 Å². The van der Waals surface area contributed by atoms with Crippen molar-refractivity contribution in [2.24, 2.45) is 5.92 Å². The van der Waals surface area contributed by atoms with E-state index >= 15 is 0 Å². The monoisotopic (exact) mass is 286 g/mol. The highest BCUT2D eigenvalue weighted by Crippen LogP contribution is 2.34. The van der Waals surface area contributed by atoms with Crippen molar-refractivity contribution < 1.29 is 18.0 Å². The van der Waals surface area contributed by atoms with Crippen molar-refractivity contribution in [3.63, 3.8) is 0 Å². The van der Waals surface area contributed by atoms with Crippen molar-refractivity contribution in [1.29, 1.82) is 0 Å². The van der Waals surface area contributed by atoms with Gasteiger partial charge in [-0.2, -0.15) is 13.2 Å². The van der Waals surface area contributed by atoms with Crippen LogP contribution in [0.3, 0.4) is 0 Å². The smallest absolute Gasteiger partial charge is 0.298 e. The van der Waals surface area contributed by atoms with Gasteiger partial charge in [-0.15, -0.1) is 0 Å². The molecule has 3 nitrogen and oxygen atoms in total. The predicted molar refractivity (Wildman–Crippen MR) is 69.8 cm³/mol. The molecule has 1 aliphatic carbocycles. The van der Waals surface area contributed by atoms with Gasteiger partial charge in [0.25, 0.3) is 0 Å². The van der Waals surface area contributed by atoms with Crippen LogP contribution in [0.15, 0.2) is 24.3 Å². The first kappa shape index (κ1) is 14.7. The Hall–Kier alpha value is -1.72. The Morgan fingerprint density at radius 3 is 2.40 bits per heavy atom. The average Bonchev–Trinajstić information content (AvgIpc) is 2.45. The number of para-hydroxylation sites is 1. The first-order valence-electron chi connectivity index (χ1n) is 6.70. The number of carbonyl (C=O) groups is 1. The summed E-state index contributed by atoms with van der Waals surface area (Å²) < 4.78 is 38.3. The number of hydrogen-bond donors (Lipinski definition) is 2. The maximum absolute atomic E-state index is 12.8. The van der Waals surface area contributed by atoms with Gasteiger partial charge in [0.2, 0.25) is 5.91 Å². The fraction of sp³-hybridized carbons (Fsp3) is 0.500. The molecule has 0 atom stereocenters. The molecule has 1 aromatic carbocycles. The Kier molecular flexibility index (Phi) is 4.52. The number of carbonyl (C=O) groups excluding carboxylic acids is 1. The Bertz CT molecular complexity index is 468. The molecule has 0 saturated heterocycles. The molecule has 20 heavy (non-hydrogen) atoms. The molecule has 110 valence electrons. The third-order valence-corrected chi connectivity index (χ3v) is 3.53. The number of hydrazine groups is 1. The van der Waals surface area contributed by atoms with Crippen LogP contribution in [0.25, 0.3) is 0 Å². The Labute approximate surface area is 115 Å². The van der Waals surface area contributed by atoms with E-state index in [4.69, 9.17) is 0 Å². The Morgan fingerprint density at radius 1 is 1.10 bits per heavy atom. The lowest BCUT2D eigenvalue weighted by Gasteiger charge is -2.22. The minimum Gasteiger partial charge on any atom is -0.298 e. The summed E-state index contributed by atoms with van der Waals surface area (Å²) in [5.74, 6) is -0.337. The largest absolute Gasteiger partial charge is 0.418 e. The summed E-state index contributed by atoms with van der Waals surface area (Å²) in [6.07, 6.45) is 0.268. The summed E-state index contributed by atoms with van der Waals surface area (Å²) >= 11 is 0. The van der Waals surface area contributed by atoms with E-state index in [2.05, 4.69) is 10.9 Å². The van der Waals surface area contributed by atoms with Crippen LogP contribution < -0.4 is 10.9 Å². The topological polar surface area (TPSA) is 41.1 Å². The first-order valence-corrected chi connectivity index (χ1v) is 6.70. The third-order valence-electron chi connectivity index (χ3n) is 3.53. The number of alkyl halides is 3. The highest BCUT2D eigenvalue weighted by Gasteiger charge is 2.33. The van der Waals surface area contributed by atoms with Gasteiger partial charge in [0.1, 0.15) is 0 Å². The minimum absolute atomic E-state index is 0.103. The van der Waals surface area contributed by atoms with E-state index in [1.807, 2.05) is 0 Å². The standard InChI is InChI=1S/C14H17F3N2O/c15-14(16,17)11-8-4-5-9-12(11)18-19-13(20)10-6-2-1-3-7-10/h4-5,8-10,18H,1-3,6-7H2,(H,19,20). The summed E-state index contributed by atoms with van der Waals surface area (Å²) in [5.41, 5.74) is 3.87. The molecule has 1 fully saturated rings. The van der Waals surface area contributed by atoms with Crippen molar-refractivity contribution in [1.82, 2.24) is 5.43 Å². The first-order chi connectivity index (χ1) is 9.48. The van der Waals surface area contributed by atoms with Gasteiger partial charge in [-0.05, 0) is 25.0 Å². The van der Waals surface area contributed by atoms with Crippen molar-refractivity contribution in [3.05, 3.63) is 29.8 Å². The van der Waals surface area contributed by atoms with Gasteiger partial charge in [0.15, 0.2) is 0 Å². The maximum Gasteiger partial charge on any atom is 0.418 e. The predicted octanol–water partition coefficient (Wildman–Crippen LogP) is 3.73. The molecule has 1 aliphatic rings. The molecule has 6 heteroatoms. The molecular formula is C14H17F3N2O. The average molecular weight is 286 g/mol. The molecular weight excluding hydrogens is 269 g/mol. The normalized spacial score (nSPS) is 16.8. The molecule has 2 rings (SSSR count). The highest BCUT2D eigenvalue weighted by molar-refractivity contribution is 5.80. The molecule has 0 bridgehead atoms. The quantitative estimate of drug-likeness (QED) is 0.831.